The van der Waals surface area contributed by atoms with Gasteiger partial charge in [-0.15, -0.1) is 0 Å². The summed E-state index contributed by atoms with van der Waals surface area (Å²) < 4.78 is 11.7. The standard InChI is InChI=1S/C18H23NO2/c1-4-11-20-17-7-5-6-8-18(17)21-16-10-9-15(13-19-3)14(2)12-16/h5-10,12,19H,4,11,13H2,1-3H3. The number of ether oxygens (including phenoxy) is 2. The van der Waals surface area contributed by atoms with Crippen LogP contribution in [-0.2, 0) is 6.54 Å². The van der Waals surface area contributed by atoms with Crippen LogP contribution >= 0.6 is 0 Å². The highest BCUT2D eigenvalue weighted by Gasteiger charge is 2.06. The van der Waals surface area contributed by atoms with E-state index in [1.807, 2.05) is 37.4 Å². The number of hydrogen-bond acceptors (Lipinski definition) is 3. The summed E-state index contributed by atoms with van der Waals surface area (Å²) in [4.78, 5) is 0. The fourth-order valence-corrected chi connectivity index (χ4v) is 2.11. The van der Waals surface area contributed by atoms with Crippen LogP contribution in [0, 0.1) is 6.92 Å². The van der Waals surface area contributed by atoms with Crippen molar-refractivity contribution in [2.75, 3.05) is 13.7 Å². The monoisotopic (exact) mass is 285 g/mol. The molecule has 0 spiro atoms. The maximum atomic E-state index is 5.98. The first-order chi connectivity index (χ1) is 10.2. The molecule has 0 amide bonds. The molecule has 3 nitrogen and oxygen atoms in total. The van der Waals surface area contributed by atoms with Gasteiger partial charge in [0.05, 0.1) is 6.61 Å². The Balaban J connectivity index is 2.16. The Labute approximate surface area is 126 Å². The third kappa shape index (κ3) is 4.23. The number of rotatable bonds is 7. The van der Waals surface area contributed by atoms with Crippen LogP contribution in [0.15, 0.2) is 42.5 Å². The van der Waals surface area contributed by atoms with E-state index < -0.39 is 0 Å². The minimum Gasteiger partial charge on any atom is -0.490 e. The summed E-state index contributed by atoms with van der Waals surface area (Å²) in [5.41, 5.74) is 2.49. The summed E-state index contributed by atoms with van der Waals surface area (Å²) in [5.74, 6) is 2.38. The van der Waals surface area contributed by atoms with Crippen LogP contribution in [0.3, 0.4) is 0 Å². The molecule has 0 aliphatic carbocycles. The van der Waals surface area contributed by atoms with Crippen molar-refractivity contribution in [3.05, 3.63) is 53.6 Å². The van der Waals surface area contributed by atoms with E-state index >= 15 is 0 Å². The van der Waals surface area contributed by atoms with Crippen molar-refractivity contribution >= 4 is 0 Å². The molecular weight excluding hydrogens is 262 g/mol. The largest absolute Gasteiger partial charge is 0.490 e. The summed E-state index contributed by atoms with van der Waals surface area (Å²) in [6, 6.07) is 13.9. The molecule has 0 radical (unpaired) electrons. The van der Waals surface area contributed by atoms with Gasteiger partial charge in [-0.3, -0.25) is 0 Å². The Kier molecular flexibility index (Phi) is 5.64. The molecular formula is C18H23NO2. The number of aryl methyl sites for hydroxylation is 1. The van der Waals surface area contributed by atoms with E-state index in [0.717, 1.165) is 30.2 Å². The molecule has 3 heteroatoms. The molecule has 0 atom stereocenters. The molecule has 0 aromatic heterocycles. The van der Waals surface area contributed by atoms with Crippen molar-refractivity contribution in [2.24, 2.45) is 0 Å². The lowest BCUT2D eigenvalue weighted by Gasteiger charge is -2.13. The van der Waals surface area contributed by atoms with E-state index in [2.05, 4.69) is 31.3 Å². The highest BCUT2D eigenvalue weighted by molar-refractivity contribution is 5.44. The predicted molar refractivity (Wildman–Crippen MR) is 86.2 cm³/mol. The molecule has 1 N–H and O–H groups in total. The van der Waals surface area contributed by atoms with Gasteiger partial charge in [-0.25, -0.2) is 0 Å². The Morgan fingerprint density at radius 1 is 1.05 bits per heavy atom. The van der Waals surface area contributed by atoms with Crippen LogP contribution < -0.4 is 14.8 Å². The minimum absolute atomic E-state index is 0.695. The van der Waals surface area contributed by atoms with Gasteiger partial charge in [0.2, 0.25) is 0 Å². The third-order valence-electron chi connectivity index (χ3n) is 3.22. The smallest absolute Gasteiger partial charge is 0.169 e. The summed E-state index contributed by atoms with van der Waals surface area (Å²) in [5, 5.41) is 3.17. The topological polar surface area (TPSA) is 30.5 Å². The van der Waals surface area contributed by atoms with Gasteiger partial charge in [0.1, 0.15) is 5.75 Å². The van der Waals surface area contributed by atoms with Gasteiger partial charge >= 0.3 is 0 Å². The van der Waals surface area contributed by atoms with Crippen molar-refractivity contribution < 1.29 is 9.47 Å². The minimum atomic E-state index is 0.695. The van der Waals surface area contributed by atoms with E-state index in [9.17, 15) is 0 Å². The summed E-state index contributed by atoms with van der Waals surface area (Å²) in [6.45, 7) is 5.75. The molecule has 2 aromatic carbocycles. The fourth-order valence-electron chi connectivity index (χ4n) is 2.11. The molecule has 2 rings (SSSR count). The zero-order chi connectivity index (χ0) is 15.1. The van der Waals surface area contributed by atoms with E-state index in [4.69, 9.17) is 9.47 Å². The fraction of sp³-hybridized carbons (Fsp3) is 0.333. The highest BCUT2D eigenvalue weighted by atomic mass is 16.5. The molecule has 0 heterocycles. The van der Waals surface area contributed by atoms with Gasteiger partial charge < -0.3 is 14.8 Å². The van der Waals surface area contributed by atoms with Crippen molar-refractivity contribution in [3.8, 4) is 17.2 Å². The zero-order valence-corrected chi connectivity index (χ0v) is 13.0. The quantitative estimate of drug-likeness (QED) is 0.823. The summed E-state index contributed by atoms with van der Waals surface area (Å²) >= 11 is 0. The van der Waals surface area contributed by atoms with E-state index in [1.165, 1.54) is 11.1 Å². The maximum absolute atomic E-state index is 5.98. The van der Waals surface area contributed by atoms with Gasteiger partial charge in [0.25, 0.3) is 0 Å². The first kappa shape index (κ1) is 15.4. The maximum Gasteiger partial charge on any atom is 0.169 e. The number of para-hydroxylation sites is 2. The Morgan fingerprint density at radius 3 is 2.48 bits per heavy atom. The molecule has 0 aliphatic rings. The molecule has 0 fully saturated rings. The molecule has 0 bridgehead atoms. The molecule has 0 saturated carbocycles. The lowest BCUT2D eigenvalue weighted by molar-refractivity contribution is 0.302. The van der Waals surface area contributed by atoms with Gasteiger partial charge in [0, 0.05) is 6.54 Å². The molecule has 0 unspecified atom stereocenters. The second-order valence-corrected chi connectivity index (χ2v) is 5.02. The molecule has 2 aromatic rings. The average Bonchev–Trinajstić information content (AvgIpc) is 2.49. The van der Waals surface area contributed by atoms with Crippen LogP contribution in [0.2, 0.25) is 0 Å². The number of nitrogens with one attached hydrogen (secondary N) is 1. The van der Waals surface area contributed by atoms with Crippen molar-refractivity contribution in [1.82, 2.24) is 5.32 Å². The van der Waals surface area contributed by atoms with Crippen LogP contribution in [0.1, 0.15) is 24.5 Å². The van der Waals surface area contributed by atoms with Crippen molar-refractivity contribution in [2.45, 2.75) is 26.8 Å². The Hall–Kier alpha value is -2.00. The van der Waals surface area contributed by atoms with Gasteiger partial charge in [0.15, 0.2) is 11.5 Å². The van der Waals surface area contributed by atoms with Crippen LogP contribution in [-0.4, -0.2) is 13.7 Å². The second-order valence-electron chi connectivity index (χ2n) is 5.02. The van der Waals surface area contributed by atoms with E-state index in [0.29, 0.717) is 6.61 Å². The summed E-state index contributed by atoms with van der Waals surface area (Å²) in [6.07, 6.45) is 0.978. The molecule has 112 valence electrons. The third-order valence-corrected chi connectivity index (χ3v) is 3.22. The average molecular weight is 285 g/mol. The highest BCUT2D eigenvalue weighted by Crippen LogP contribution is 2.32. The Bertz CT molecular complexity index is 581. The van der Waals surface area contributed by atoms with Gasteiger partial charge in [-0.05, 0) is 55.8 Å². The zero-order valence-electron chi connectivity index (χ0n) is 13.0. The van der Waals surface area contributed by atoms with Crippen LogP contribution in [0.25, 0.3) is 0 Å². The van der Waals surface area contributed by atoms with Crippen LogP contribution in [0.5, 0.6) is 17.2 Å². The second kappa shape index (κ2) is 7.70. The van der Waals surface area contributed by atoms with Crippen LogP contribution in [0.4, 0.5) is 0 Å². The molecule has 0 saturated heterocycles. The van der Waals surface area contributed by atoms with E-state index in [-0.39, 0.29) is 0 Å². The SMILES string of the molecule is CCCOc1ccccc1Oc1ccc(CNC)c(C)c1. The lowest BCUT2D eigenvalue weighted by atomic mass is 10.1. The number of benzene rings is 2. The van der Waals surface area contributed by atoms with Crippen molar-refractivity contribution in [3.63, 3.8) is 0 Å². The van der Waals surface area contributed by atoms with Gasteiger partial charge in [-0.2, -0.15) is 0 Å². The van der Waals surface area contributed by atoms with Gasteiger partial charge in [-0.1, -0.05) is 25.1 Å². The molecule has 0 aliphatic heterocycles. The lowest BCUT2D eigenvalue weighted by Crippen LogP contribution is -2.06. The predicted octanol–water partition coefficient (Wildman–Crippen LogP) is 4.30. The van der Waals surface area contributed by atoms with Crippen molar-refractivity contribution in [1.29, 1.82) is 0 Å². The summed E-state index contributed by atoms with van der Waals surface area (Å²) in [7, 11) is 1.95. The number of hydrogen-bond donors (Lipinski definition) is 1. The van der Waals surface area contributed by atoms with E-state index in [1.54, 1.807) is 0 Å². The normalized spacial score (nSPS) is 10.4. The first-order valence-electron chi connectivity index (χ1n) is 7.38. The Morgan fingerprint density at radius 2 is 1.81 bits per heavy atom. The first-order valence-corrected chi connectivity index (χ1v) is 7.38. The molecule has 21 heavy (non-hydrogen) atoms.